The van der Waals surface area contributed by atoms with Gasteiger partial charge in [-0.05, 0) is 42.8 Å². The Morgan fingerprint density at radius 3 is 2.59 bits per heavy atom. The van der Waals surface area contributed by atoms with Crippen LogP contribution in [-0.4, -0.2) is 34.1 Å². The number of aryl methyl sites for hydroxylation is 1. The highest BCUT2D eigenvalue weighted by Crippen LogP contribution is 2.23. The highest BCUT2D eigenvalue weighted by atomic mass is 19.1. The fourth-order valence-corrected chi connectivity index (χ4v) is 3.45. The highest BCUT2D eigenvalue weighted by molar-refractivity contribution is 5.56. The first kappa shape index (κ1) is 19.1. The molecule has 1 aliphatic heterocycles. The van der Waals surface area contributed by atoms with Gasteiger partial charge in [-0.25, -0.2) is 14.4 Å². The second-order valence-electron chi connectivity index (χ2n) is 7.10. The third-order valence-electron chi connectivity index (χ3n) is 5.06. The van der Waals surface area contributed by atoms with E-state index in [2.05, 4.69) is 19.9 Å². The number of rotatable bonds is 5. The summed E-state index contributed by atoms with van der Waals surface area (Å²) in [4.78, 5) is 25.8. The summed E-state index contributed by atoms with van der Waals surface area (Å²) >= 11 is 0. The lowest BCUT2D eigenvalue weighted by Gasteiger charge is -2.33. The zero-order valence-corrected chi connectivity index (χ0v) is 16.3. The molecule has 0 saturated carbocycles. The molecule has 7 heteroatoms. The first-order chi connectivity index (χ1) is 14.1. The van der Waals surface area contributed by atoms with Crippen LogP contribution in [0.4, 0.5) is 10.2 Å². The molecule has 6 nitrogen and oxygen atoms in total. The fraction of sp³-hybridized carbons (Fsp3) is 0.318. The van der Waals surface area contributed by atoms with Crippen LogP contribution in [0, 0.1) is 5.82 Å². The summed E-state index contributed by atoms with van der Waals surface area (Å²) in [5, 5.41) is 0. The molecule has 0 atom stereocenters. The fourth-order valence-electron chi connectivity index (χ4n) is 3.45. The first-order valence-electron chi connectivity index (χ1n) is 9.84. The van der Waals surface area contributed by atoms with E-state index in [4.69, 9.17) is 4.74 Å². The molecule has 2 aromatic heterocycles. The molecule has 0 spiro atoms. The molecule has 3 aromatic rings. The summed E-state index contributed by atoms with van der Waals surface area (Å²) < 4.78 is 19.0. The van der Waals surface area contributed by atoms with Crippen LogP contribution in [0.1, 0.15) is 25.5 Å². The van der Waals surface area contributed by atoms with Crippen molar-refractivity contribution in [3.8, 4) is 17.1 Å². The molecule has 29 heavy (non-hydrogen) atoms. The van der Waals surface area contributed by atoms with Gasteiger partial charge in [0.1, 0.15) is 29.3 Å². The zero-order chi connectivity index (χ0) is 20.2. The number of ether oxygens (including phenoxy) is 1. The molecular formula is C22H23FN4O2. The van der Waals surface area contributed by atoms with Crippen molar-refractivity contribution in [2.45, 2.75) is 32.3 Å². The number of H-pyrrole nitrogens is 1. The molecule has 0 aliphatic carbocycles. The Morgan fingerprint density at radius 1 is 1.17 bits per heavy atom. The number of anilines is 1. The second kappa shape index (κ2) is 8.43. The van der Waals surface area contributed by atoms with Gasteiger partial charge in [-0.1, -0.05) is 6.92 Å². The van der Waals surface area contributed by atoms with E-state index in [1.54, 1.807) is 18.3 Å². The number of nitrogens with one attached hydrogen (secondary N) is 1. The lowest BCUT2D eigenvalue weighted by atomic mass is 10.1. The summed E-state index contributed by atoms with van der Waals surface area (Å²) in [6.07, 6.45) is 4.30. The van der Waals surface area contributed by atoms with Crippen molar-refractivity contribution in [3.63, 3.8) is 0 Å². The van der Waals surface area contributed by atoms with E-state index in [1.807, 2.05) is 19.1 Å². The van der Waals surface area contributed by atoms with Gasteiger partial charge in [0.2, 0.25) is 0 Å². The number of hydrogen-bond donors (Lipinski definition) is 1. The van der Waals surface area contributed by atoms with Crippen LogP contribution in [0.25, 0.3) is 11.4 Å². The Labute approximate surface area is 168 Å². The van der Waals surface area contributed by atoms with Crippen molar-refractivity contribution in [1.29, 1.82) is 0 Å². The molecule has 1 aliphatic rings. The van der Waals surface area contributed by atoms with Crippen LogP contribution >= 0.6 is 0 Å². The Morgan fingerprint density at radius 2 is 1.93 bits per heavy atom. The van der Waals surface area contributed by atoms with Crippen LogP contribution in [0.15, 0.2) is 53.5 Å². The number of halogens is 1. The molecule has 3 heterocycles. The molecule has 0 amide bonds. The standard InChI is InChI=1S/C22H23FN4O2/c1-2-17-13-21(28)26-22(25-17)15-3-8-20(24-14-15)27-11-9-19(10-12-27)29-18-6-4-16(23)5-7-18/h3-8,13-14,19H,2,9-12H2,1H3,(H,25,26,28). The van der Waals surface area contributed by atoms with Gasteiger partial charge in [-0.2, -0.15) is 0 Å². The van der Waals surface area contributed by atoms with Crippen LogP contribution in [-0.2, 0) is 6.42 Å². The largest absolute Gasteiger partial charge is 0.490 e. The zero-order valence-electron chi connectivity index (χ0n) is 16.3. The molecule has 1 fully saturated rings. The van der Waals surface area contributed by atoms with Crippen molar-refractivity contribution < 1.29 is 9.13 Å². The van der Waals surface area contributed by atoms with Crippen LogP contribution in [0.3, 0.4) is 0 Å². The van der Waals surface area contributed by atoms with Gasteiger partial charge in [0.25, 0.3) is 5.56 Å². The third kappa shape index (κ3) is 4.62. The first-order valence-corrected chi connectivity index (χ1v) is 9.84. The summed E-state index contributed by atoms with van der Waals surface area (Å²) in [5.74, 6) is 1.87. The smallest absolute Gasteiger partial charge is 0.251 e. The minimum absolute atomic E-state index is 0.113. The normalized spacial score (nSPS) is 14.8. The second-order valence-corrected chi connectivity index (χ2v) is 7.10. The molecule has 0 unspecified atom stereocenters. The van der Waals surface area contributed by atoms with E-state index in [1.165, 1.54) is 18.2 Å². The Hall–Kier alpha value is -3.22. The van der Waals surface area contributed by atoms with Crippen LogP contribution in [0.5, 0.6) is 5.75 Å². The quantitative estimate of drug-likeness (QED) is 0.716. The van der Waals surface area contributed by atoms with Gasteiger partial charge in [-0.3, -0.25) is 4.79 Å². The Balaban J connectivity index is 1.38. The van der Waals surface area contributed by atoms with E-state index in [9.17, 15) is 9.18 Å². The number of aromatic nitrogens is 3. The number of aromatic amines is 1. The molecule has 1 N–H and O–H groups in total. The number of benzene rings is 1. The molecule has 0 radical (unpaired) electrons. The summed E-state index contributed by atoms with van der Waals surface area (Å²) in [7, 11) is 0. The highest BCUT2D eigenvalue weighted by Gasteiger charge is 2.21. The minimum atomic E-state index is -0.262. The molecule has 150 valence electrons. The SMILES string of the molecule is CCc1cc(=O)[nH]c(-c2ccc(N3CCC(Oc4ccc(F)cc4)CC3)nc2)n1. The summed E-state index contributed by atoms with van der Waals surface area (Å²) in [5.41, 5.74) is 1.39. The van der Waals surface area contributed by atoms with Crippen molar-refractivity contribution in [1.82, 2.24) is 15.0 Å². The topological polar surface area (TPSA) is 71.1 Å². The number of hydrogen-bond acceptors (Lipinski definition) is 5. The van der Waals surface area contributed by atoms with Gasteiger partial charge < -0.3 is 14.6 Å². The minimum Gasteiger partial charge on any atom is -0.490 e. The predicted molar refractivity (Wildman–Crippen MR) is 110 cm³/mol. The maximum Gasteiger partial charge on any atom is 0.251 e. The van der Waals surface area contributed by atoms with E-state index in [0.717, 1.165) is 43.0 Å². The van der Waals surface area contributed by atoms with Gasteiger partial charge in [0, 0.05) is 49.5 Å². The van der Waals surface area contributed by atoms with Crippen molar-refractivity contribution in [3.05, 3.63) is 70.5 Å². The van der Waals surface area contributed by atoms with Gasteiger partial charge in [0.05, 0.1) is 0 Å². The van der Waals surface area contributed by atoms with Crippen molar-refractivity contribution >= 4 is 5.82 Å². The third-order valence-corrected chi connectivity index (χ3v) is 5.06. The van der Waals surface area contributed by atoms with Crippen LogP contribution < -0.4 is 15.2 Å². The van der Waals surface area contributed by atoms with Gasteiger partial charge in [0.15, 0.2) is 0 Å². The molecule has 1 saturated heterocycles. The average Bonchev–Trinajstić information content (AvgIpc) is 2.75. The van der Waals surface area contributed by atoms with E-state index < -0.39 is 0 Å². The van der Waals surface area contributed by atoms with Crippen molar-refractivity contribution in [2.75, 3.05) is 18.0 Å². The number of nitrogens with zero attached hydrogens (tertiary/aromatic N) is 3. The Bertz CT molecular complexity index is 1010. The molecular weight excluding hydrogens is 371 g/mol. The molecule has 4 rings (SSSR count). The number of piperidine rings is 1. The van der Waals surface area contributed by atoms with E-state index in [0.29, 0.717) is 18.0 Å². The van der Waals surface area contributed by atoms with Crippen LogP contribution in [0.2, 0.25) is 0 Å². The lowest BCUT2D eigenvalue weighted by molar-refractivity contribution is 0.170. The predicted octanol–water partition coefficient (Wildman–Crippen LogP) is 3.58. The maximum atomic E-state index is 13.0. The summed E-state index contributed by atoms with van der Waals surface area (Å²) in [6.45, 7) is 3.63. The summed E-state index contributed by atoms with van der Waals surface area (Å²) in [6, 6.07) is 11.5. The maximum absolute atomic E-state index is 13.0. The van der Waals surface area contributed by atoms with E-state index in [-0.39, 0.29) is 17.5 Å². The van der Waals surface area contributed by atoms with Gasteiger partial charge >= 0.3 is 0 Å². The van der Waals surface area contributed by atoms with Crippen molar-refractivity contribution in [2.24, 2.45) is 0 Å². The molecule has 0 bridgehead atoms. The van der Waals surface area contributed by atoms with Gasteiger partial charge in [-0.15, -0.1) is 0 Å². The monoisotopic (exact) mass is 394 g/mol. The Kier molecular flexibility index (Phi) is 5.55. The lowest BCUT2D eigenvalue weighted by Crippen LogP contribution is -2.38. The molecule has 1 aromatic carbocycles. The average molecular weight is 394 g/mol. The number of pyridine rings is 1. The van der Waals surface area contributed by atoms with E-state index >= 15 is 0 Å².